The molecule has 1 aromatic rings. The number of methoxy groups -OCH3 is 1. The van der Waals surface area contributed by atoms with E-state index in [1.54, 1.807) is 18.9 Å². The minimum atomic E-state index is -0.290. The van der Waals surface area contributed by atoms with Crippen LogP contribution in [0.5, 0.6) is 0 Å². The van der Waals surface area contributed by atoms with Gasteiger partial charge in [0.25, 0.3) is 0 Å². The van der Waals surface area contributed by atoms with Gasteiger partial charge in [0.05, 0.1) is 18.0 Å². The van der Waals surface area contributed by atoms with E-state index in [4.69, 9.17) is 26.7 Å². The first kappa shape index (κ1) is 24.2. The summed E-state index contributed by atoms with van der Waals surface area (Å²) in [6, 6.07) is 8.22. The predicted molar refractivity (Wildman–Crippen MR) is 128 cm³/mol. The second-order valence-electron chi connectivity index (χ2n) is 7.91. The molecule has 0 amide bonds. The van der Waals surface area contributed by atoms with E-state index in [1.807, 2.05) is 18.2 Å². The highest BCUT2D eigenvalue weighted by Gasteiger charge is 2.33. The summed E-state index contributed by atoms with van der Waals surface area (Å²) in [5.41, 5.74) is 2.29. The van der Waals surface area contributed by atoms with Crippen LogP contribution >= 0.6 is 35.7 Å². The molecule has 2 rings (SSSR count). The second-order valence-corrected chi connectivity index (χ2v) is 10.5. The van der Waals surface area contributed by atoms with Crippen LogP contribution in [0.2, 0.25) is 0 Å². The van der Waals surface area contributed by atoms with Crippen molar-refractivity contribution in [2.45, 2.75) is 33.6 Å². The summed E-state index contributed by atoms with van der Waals surface area (Å²) in [5, 5.41) is 0.891. The Kier molecular flexibility index (Phi) is 9.46. The zero-order chi connectivity index (χ0) is 21.4. The molecule has 0 radical (unpaired) electrons. The van der Waals surface area contributed by atoms with Crippen LogP contribution in [0.3, 0.4) is 0 Å². The Labute approximate surface area is 188 Å². The van der Waals surface area contributed by atoms with Gasteiger partial charge in [-0.15, -0.1) is 0 Å². The van der Waals surface area contributed by atoms with Gasteiger partial charge in [-0.05, 0) is 23.0 Å². The second kappa shape index (κ2) is 11.3. The average Bonchev–Trinajstić information content (AvgIpc) is 2.67. The van der Waals surface area contributed by atoms with E-state index in [0.29, 0.717) is 16.8 Å². The molecule has 0 N–H and O–H groups in total. The molecule has 5 nitrogen and oxygen atoms in total. The molecule has 1 fully saturated rings. The van der Waals surface area contributed by atoms with Crippen LogP contribution in [-0.2, 0) is 14.3 Å². The molecule has 8 heteroatoms. The third kappa shape index (κ3) is 7.59. The number of esters is 1. The summed E-state index contributed by atoms with van der Waals surface area (Å²) < 4.78 is 10.7. The summed E-state index contributed by atoms with van der Waals surface area (Å²) in [6.45, 7) is 10.2. The van der Waals surface area contributed by atoms with Crippen molar-refractivity contribution in [3.63, 3.8) is 0 Å². The van der Waals surface area contributed by atoms with Crippen molar-refractivity contribution in [1.82, 2.24) is 4.90 Å². The fraction of sp³-hybridized carbons (Fsp3) is 0.571. The van der Waals surface area contributed by atoms with E-state index in [9.17, 15) is 4.79 Å². The molecule has 1 aliphatic heterocycles. The van der Waals surface area contributed by atoms with Crippen molar-refractivity contribution in [2.75, 3.05) is 38.4 Å². The number of aliphatic imine (C=N–C) groups is 1. The van der Waals surface area contributed by atoms with E-state index in [1.165, 1.54) is 17.3 Å². The maximum Gasteiger partial charge on any atom is 0.316 e. The number of carbonyl (C=O) groups is 1. The Morgan fingerprint density at radius 3 is 2.76 bits per heavy atom. The number of carbonyl (C=O) groups excluding carboxylic acids is 1. The number of hydrogen-bond donors (Lipinski definition) is 0. The SMILES string of the molecule is COCCOC(=O)CSC(=S)N1CC(C)(C)CSC1=Nc1ccccc1C(C)C. The lowest BCUT2D eigenvalue weighted by atomic mass is 9.96. The van der Waals surface area contributed by atoms with Crippen molar-refractivity contribution in [2.24, 2.45) is 10.4 Å². The highest BCUT2D eigenvalue weighted by Crippen LogP contribution is 2.35. The molecule has 1 heterocycles. The Bertz CT molecular complexity index is 750. The fourth-order valence-electron chi connectivity index (χ4n) is 2.77. The smallest absolute Gasteiger partial charge is 0.316 e. The Hall–Kier alpha value is -1.09. The van der Waals surface area contributed by atoms with E-state index < -0.39 is 0 Å². The summed E-state index contributed by atoms with van der Waals surface area (Å²) in [5.74, 6) is 1.25. The van der Waals surface area contributed by atoms with Crippen molar-refractivity contribution >= 4 is 56.9 Å². The number of benzene rings is 1. The lowest BCUT2D eigenvalue weighted by molar-refractivity contribution is -0.141. The molecule has 29 heavy (non-hydrogen) atoms. The minimum Gasteiger partial charge on any atom is -0.463 e. The summed E-state index contributed by atoms with van der Waals surface area (Å²) in [6.07, 6.45) is 0. The van der Waals surface area contributed by atoms with Gasteiger partial charge in [-0.25, -0.2) is 4.99 Å². The molecular formula is C21H30N2O3S3. The Balaban J connectivity index is 2.15. The summed E-state index contributed by atoms with van der Waals surface area (Å²) in [4.78, 5) is 18.9. The van der Waals surface area contributed by atoms with Crippen LogP contribution in [0, 0.1) is 5.41 Å². The third-order valence-electron chi connectivity index (χ3n) is 4.27. The number of hydrogen-bond acceptors (Lipinski definition) is 7. The highest BCUT2D eigenvalue weighted by molar-refractivity contribution is 8.23. The number of para-hydroxylation sites is 1. The third-order valence-corrected chi connectivity index (χ3v) is 7.19. The molecule has 1 aromatic carbocycles. The van der Waals surface area contributed by atoms with Gasteiger partial charge in [0, 0.05) is 19.4 Å². The summed E-state index contributed by atoms with van der Waals surface area (Å²) in [7, 11) is 1.58. The number of rotatable bonds is 7. The molecule has 0 aliphatic carbocycles. The van der Waals surface area contributed by atoms with Gasteiger partial charge in [-0.1, -0.05) is 81.6 Å². The van der Waals surface area contributed by atoms with Crippen LogP contribution in [0.25, 0.3) is 0 Å². The normalized spacial score (nSPS) is 17.6. The largest absolute Gasteiger partial charge is 0.463 e. The van der Waals surface area contributed by atoms with Gasteiger partial charge in [-0.2, -0.15) is 0 Å². The lowest BCUT2D eigenvalue weighted by Gasteiger charge is -2.39. The number of thiocarbonyl (C=S) groups is 1. The van der Waals surface area contributed by atoms with Gasteiger partial charge < -0.3 is 14.4 Å². The number of amidine groups is 1. The molecule has 1 aliphatic rings. The number of ether oxygens (including phenoxy) is 2. The Morgan fingerprint density at radius 1 is 1.34 bits per heavy atom. The van der Waals surface area contributed by atoms with Crippen LogP contribution in [0.15, 0.2) is 29.3 Å². The molecule has 0 bridgehead atoms. The maximum absolute atomic E-state index is 11.9. The average molecular weight is 455 g/mol. The first-order valence-electron chi connectivity index (χ1n) is 9.63. The van der Waals surface area contributed by atoms with Crippen LogP contribution in [-0.4, -0.2) is 58.7 Å². The van der Waals surface area contributed by atoms with E-state index in [-0.39, 0.29) is 23.7 Å². The Morgan fingerprint density at radius 2 is 2.07 bits per heavy atom. The van der Waals surface area contributed by atoms with Gasteiger partial charge >= 0.3 is 5.97 Å². The summed E-state index contributed by atoms with van der Waals surface area (Å²) >= 11 is 8.71. The van der Waals surface area contributed by atoms with E-state index in [2.05, 4.69) is 38.7 Å². The zero-order valence-electron chi connectivity index (χ0n) is 17.8. The molecule has 160 valence electrons. The topological polar surface area (TPSA) is 51.1 Å². The van der Waals surface area contributed by atoms with Crippen molar-refractivity contribution in [3.05, 3.63) is 29.8 Å². The monoisotopic (exact) mass is 454 g/mol. The quantitative estimate of drug-likeness (QED) is 0.323. The standard InChI is InChI=1S/C21H30N2O3S3/c1-15(2)16-8-6-7-9-17(16)22-19-23(13-21(3,4)14-29-19)20(27)28-12-18(24)26-11-10-25-5/h6-9,15H,10-14H2,1-5H3. The van der Waals surface area contributed by atoms with E-state index >= 15 is 0 Å². The lowest BCUT2D eigenvalue weighted by Crippen LogP contribution is -2.45. The maximum atomic E-state index is 11.9. The van der Waals surface area contributed by atoms with Crippen LogP contribution < -0.4 is 0 Å². The van der Waals surface area contributed by atoms with Crippen molar-refractivity contribution < 1.29 is 14.3 Å². The molecular weight excluding hydrogens is 424 g/mol. The molecule has 1 saturated heterocycles. The molecule has 0 atom stereocenters. The molecule has 0 unspecified atom stereocenters. The van der Waals surface area contributed by atoms with Gasteiger partial charge in [-0.3, -0.25) is 4.79 Å². The van der Waals surface area contributed by atoms with Crippen LogP contribution in [0.4, 0.5) is 5.69 Å². The highest BCUT2D eigenvalue weighted by atomic mass is 32.2. The first-order valence-corrected chi connectivity index (χ1v) is 12.0. The molecule has 0 spiro atoms. The zero-order valence-corrected chi connectivity index (χ0v) is 20.2. The predicted octanol–water partition coefficient (Wildman–Crippen LogP) is 5.08. The van der Waals surface area contributed by atoms with Gasteiger partial charge in [0.1, 0.15) is 10.9 Å². The number of nitrogens with zero attached hydrogens (tertiary/aromatic N) is 2. The van der Waals surface area contributed by atoms with Crippen LogP contribution in [0.1, 0.15) is 39.2 Å². The van der Waals surface area contributed by atoms with E-state index in [0.717, 1.165) is 23.2 Å². The van der Waals surface area contributed by atoms with Crippen molar-refractivity contribution in [1.29, 1.82) is 0 Å². The molecule has 0 aromatic heterocycles. The minimum absolute atomic E-state index is 0.102. The van der Waals surface area contributed by atoms with Gasteiger partial charge in [0.2, 0.25) is 0 Å². The first-order chi connectivity index (χ1) is 13.7. The fourth-order valence-corrected chi connectivity index (χ4v) is 4.93. The van der Waals surface area contributed by atoms with Crippen molar-refractivity contribution in [3.8, 4) is 0 Å². The molecule has 0 saturated carbocycles. The number of thioether (sulfide) groups is 2. The van der Waals surface area contributed by atoms with Gasteiger partial charge in [0.15, 0.2) is 5.17 Å².